The molecule has 0 aromatic heterocycles. The summed E-state index contributed by atoms with van der Waals surface area (Å²) in [5, 5.41) is 3.08. The average Bonchev–Trinajstić information content (AvgIpc) is 2.41. The Balaban J connectivity index is 2.31. The minimum atomic E-state index is -0.568. The summed E-state index contributed by atoms with van der Waals surface area (Å²) < 4.78 is 0. The number of carbonyl (C=O) groups is 2. The van der Waals surface area contributed by atoms with Crippen LogP contribution < -0.4 is 11.1 Å². The van der Waals surface area contributed by atoms with Gasteiger partial charge in [-0.15, -0.1) is 0 Å². The molecule has 19 heavy (non-hydrogen) atoms. The van der Waals surface area contributed by atoms with E-state index in [0.29, 0.717) is 25.2 Å². The number of nitrogens with zero attached hydrogens (tertiary/aromatic N) is 1. The van der Waals surface area contributed by atoms with Crippen molar-refractivity contribution in [3.63, 3.8) is 0 Å². The number of amides is 2. The third kappa shape index (κ3) is 2.61. The lowest BCUT2D eigenvalue weighted by Gasteiger charge is -2.34. The predicted octanol–water partition coefficient (Wildman–Crippen LogP) is 0.203. The molecule has 1 heterocycles. The first kappa shape index (κ1) is 13.5. The summed E-state index contributed by atoms with van der Waals surface area (Å²) in [6.45, 7) is 5.49. The molecule has 1 aliphatic rings. The van der Waals surface area contributed by atoms with Crippen LogP contribution >= 0.6 is 0 Å². The first-order valence-corrected chi connectivity index (χ1v) is 6.39. The van der Waals surface area contributed by atoms with E-state index in [1.165, 1.54) is 0 Å². The summed E-state index contributed by atoms with van der Waals surface area (Å²) in [4.78, 5) is 25.6. The fourth-order valence-corrected chi connectivity index (χ4v) is 2.34. The van der Waals surface area contributed by atoms with Crippen molar-refractivity contribution in [3.8, 4) is 0 Å². The van der Waals surface area contributed by atoms with Crippen molar-refractivity contribution in [2.45, 2.75) is 19.9 Å². The van der Waals surface area contributed by atoms with E-state index in [1.807, 2.05) is 26.0 Å². The number of primary amides is 1. The Morgan fingerprint density at radius 1 is 1.37 bits per heavy atom. The highest BCUT2D eigenvalue weighted by Crippen LogP contribution is 2.17. The molecular formula is C14H19N3O2. The van der Waals surface area contributed by atoms with Crippen molar-refractivity contribution in [3.05, 3.63) is 34.9 Å². The maximum atomic E-state index is 12.6. The number of hydrogen-bond donors (Lipinski definition) is 2. The molecule has 3 N–H and O–H groups in total. The van der Waals surface area contributed by atoms with Crippen LogP contribution in [0.15, 0.2) is 18.2 Å². The van der Waals surface area contributed by atoms with Crippen LogP contribution in [0.2, 0.25) is 0 Å². The van der Waals surface area contributed by atoms with E-state index >= 15 is 0 Å². The van der Waals surface area contributed by atoms with Crippen LogP contribution in [0.25, 0.3) is 0 Å². The second-order valence-corrected chi connectivity index (χ2v) is 4.87. The predicted molar refractivity (Wildman–Crippen MR) is 72.8 cm³/mol. The van der Waals surface area contributed by atoms with Crippen LogP contribution in [0.3, 0.4) is 0 Å². The molecule has 0 spiro atoms. The molecular weight excluding hydrogens is 242 g/mol. The van der Waals surface area contributed by atoms with Crippen molar-refractivity contribution in [2.24, 2.45) is 5.73 Å². The Kier molecular flexibility index (Phi) is 3.85. The highest BCUT2D eigenvalue weighted by Gasteiger charge is 2.31. The standard InChI is InChI=1S/C14H19N3O2/c1-9-4-3-5-11(10(9)2)14(19)17-7-6-16-8-12(17)13(15)18/h3-5,12,16H,6-8H2,1-2H3,(H2,15,18). The van der Waals surface area contributed by atoms with Gasteiger partial charge in [-0.3, -0.25) is 9.59 Å². The fraction of sp³-hybridized carbons (Fsp3) is 0.429. The Bertz CT molecular complexity index is 513. The minimum Gasteiger partial charge on any atom is -0.368 e. The van der Waals surface area contributed by atoms with Gasteiger partial charge in [0.25, 0.3) is 5.91 Å². The molecule has 0 aliphatic carbocycles. The molecule has 2 amide bonds. The van der Waals surface area contributed by atoms with Crippen molar-refractivity contribution in [2.75, 3.05) is 19.6 Å². The summed E-state index contributed by atoms with van der Waals surface area (Å²) in [7, 11) is 0. The van der Waals surface area contributed by atoms with Gasteiger partial charge in [-0.05, 0) is 31.0 Å². The fourth-order valence-electron chi connectivity index (χ4n) is 2.34. The highest BCUT2D eigenvalue weighted by molar-refractivity contribution is 5.98. The van der Waals surface area contributed by atoms with Gasteiger partial charge in [-0.25, -0.2) is 0 Å². The van der Waals surface area contributed by atoms with Crippen molar-refractivity contribution < 1.29 is 9.59 Å². The number of nitrogens with one attached hydrogen (secondary N) is 1. The molecule has 0 bridgehead atoms. The molecule has 1 aliphatic heterocycles. The van der Waals surface area contributed by atoms with E-state index in [-0.39, 0.29) is 5.91 Å². The first-order valence-electron chi connectivity index (χ1n) is 6.39. The summed E-state index contributed by atoms with van der Waals surface area (Å²) in [6.07, 6.45) is 0. The summed E-state index contributed by atoms with van der Waals surface area (Å²) >= 11 is 0. The molecule has 1 aromatic carbocycles. The van der Waals surface area contributed by atoms with Crippen LogP contribution in [0.1, 0.15) is 21.5 Å². The molecule has 0 radical (unpaired) electrons. The van der Waals surface area contributed by atoms with Gasteiger partial charge in [-0.2, -0.15) is 0 Å². The lowest BCUT2D eigenvalue weighted by molar-refractivity contribution is -0.122. The molecule has 102 valence electrons. The van der Waals surface area contributed by atoms with Gasteiger partial charge in [0.15, 0.2) is 0 Å². The van der Waals surface area contributed by atoms with Crippen LogP contribution in [0.4, 0.5) is 0 Å². The lowest BCUT2D eigenvalue weighted by Crippen LogP contribution is -2.58. The molecule has 1 aromatic rings. The van der Waals surface area contributed by atoms with E-state index in [0.717, 1.165) is 11.1 Å². The van der Waals surface area contributed by atoms with E-state index in [1.54, 1.807) is 11.0 Å². The third-order valence-electron chi connectivity index (χ3n) is 3.67. The van der Waals surface area contributed by atoms with Crippen molar-refractivity contribution in [1.29, 1.82) is 0 Å². The van der Waals surface area contributed by atoms with Gasteiger partial charge in [0.2, 0.25) is 5.91 Å². The van der Waals surface area contributed by atoms with Crippen molar-refractivity contribution >= 4 is 11.8 Å². The van der Waals surface area contributed by atoms with Gasteiger partial charge in [0.05, 0.1) is 0 Å². The topological polar surface area (TPSA) is 75.4 Å². The van der Waals surface area contributed by atoms with Crippen LogP contribution in [-0.2, 0) is 4.79 Å². The van der Waals surface area contributed by atoms with Gasteiger partial charge in [0.1, 0.15) is 6.04 Å². The normalized spacial score (nSPS) is 19.3. The van der Waals surface area contributed by atoms with E-state index in [2.05, 4.69) is 5.32 Å². The maximum Gasteiger partial charge on any atom is 0.254 e. The van der Waals surface area contributed by atoms with Crippen LogP contribution in [0.5, 0.6) is 0 Å². The number of benzene rings is 1. The second-order valence-electron chi connectivity index (χ2n) is 4.87. The molecule has 1 atom stereocenters. The molecule has 5 heteroatoms. The number of aryl methyl sites for hydroxylation is 1. The molecule has 1 saturated heterocycles. The first-order chi connectivity index (χ1) is 9.02. The van der Waals surface area contributed by atoms with Gasteiger partial charge in [0, 0.05) is 25.2 Å². The lowest BCUT2D eigenvalue weighted by atomic mass is 10.0. The zero-order valence-corrected chi connectivity index (χ0v) is 11.3. The molecule has 1 unspecified atom stereocenters. The number of nitrogens with two attached hydrogens (primary N) is 1. The minimum absolute atomic E-state index is 0.119. The molecule has 0 saturated carbocycles. The number of piperazine rings is 1. The zero-order valence-electron chi connectivity index (χ0n) is 11.3. The summed E-state index contributed by atoms with van der Waals surface area (Å²) in [5.74, 6) is -0.586. The van der Waals surface area contributed by atoms with Crippen molar-refractivity contribution in [1.82, 2.24) is 10.2 Å². The Hall–Kier alpha value is -1.88. The Morgan fingerprint density at radius 3 is 2.79 bits per heavy atom. The molecule has 5 nitrogen and oxygen atoms in total. The smallest absolute Gasteiger partial charge is 0.254 e. The number of carbonyl (C=O) groups excluding carboxylic acids is 2. The summed E-state index contributed by atoms with van der Waals surface area (Å²) in [5.41, 5.74) is 8.03. The number of rotatable bonds is 2. The van der Waals surface area contributed by atoms with E-state index in [4.69, 9.17) is 5.73 Å². The van der Waals surface area contributed by atoms with E-state index in [9.17, 15) is 9.59 Å². The quantitative estimate of drug-likeness (QED) is 0.798. The summed E-state index contributed by atoms with van der Waals surface area (Å²) in [6, 6.07) is 5.05. The Labute approximate surface area is 112 Å². The Morgan fingerprint density at radius 2 is 2.11 bits per heavy atom. The van der Waals surface area contributed by atoms with E-state index < -0.39 is 11.9 Å². The average molecular weight is 261 g/mol. The monoisotopic (exact) mass is 261 g/mol. The van der Waals surface area contributed by atoms with Crippen LogP contribution in [-0.4, -0.2) is 42.4 Å². The SMILES string of the molecule is Cc1cccc(C(=O)N2CCNCC2C(N)=O)c1C. The highest BCUT2D eigenvalue weighted by atomic mass is 16.2. The molecule has 1 fully saturated rings. The number of hydrogen-bond acceptors (Lipinski definition) is 3. The van der Waals surface area contributed by atoms with Crippen LogP contribution in [0, 0.1) is 13.8 Å². The van der Waals surface area contributed by atoms with Gasteiger partial charge >= 0.3 is 0 Å². The molecule has 2 rings (SSSR count). The second kappa shape index (κ2) is 5.40. The largest absolute Gasteiger partial charge is 0.368 e. The third-order valence-corrected chi connectivity index (χ3v) is 3.67. The maximum absolute atomic E-state index is 12.6. The zero-order chi connectivity index (χ0) is 14.0. The van der Waals surface area contributed by atoms with Gasteiger partial charge < -0.3 is 16.0 Å². The van der Waals surface area contributed by atoms with Gasteiger partial charge in [-0.1, -0.05) is 12.1 Å².